The van der Waals surface area contributed by atoms with Crippen molar-refractivity contribution in [2.75, 3.05) is 26.8 Å². The van der Waals surface area contributed by atoms with E-state index in [4.69, 9.17) is 4.74 Å². The van der Waals surface area contributed by atoms with Crippen LogP contribution in [0.2, 0.25) is 0 Å². The number of imide groups is 1. The summed E-state index contributed by atoms with van der Waals surface area (Å²) < 4.78 is 5.12. The van der Waals surface area contributed by atoms with E-state index < -0.39 is 0 Å². The van der Waals surface area contributed by atoms with Crippen LogP contribution < -0.4 is 0 Å². The number of rotatable bonds is 8. The molecule has 0 unspecified atom stereocenters. The van der Waals surface area contributed by atoms with Crippen LogP contribution in [0.1, 0.15) is 50.5 Å². The van der Waals surface area contributed by atoms with Crippen molar-refractivity contribution < 1.29 is 19.1 Å². The minimum Gasteiger partial charge on any atom is -0.383 e. The van der Waals surface area contributed by atoms with Crippen LogP contribution in [0.4, 0.5) is 0 Å². The van der Waals surface area contributed by atoms with Crippen molar-refractivity contribution in [3.8, 4) is 0 Å². The quantitative estimate of drug-likeness (QED) is 0.645. The zero-order valence-corrected chi connectivity index (χ0v) is 17.1. The number of amides is 3. The molecule has 1 aliphatic heterocycles. The number of benzene rings is 2. The predicted octanol–water partition coefficient (Wildman–Crippen LogP) is 3.23. The molecule has 2 aromatic rings. The average molecular weight is 394 g/mol. The fourth-order valence-corrected chi connectivity index (χ4v) is 3.42. The maximum Gasteiger partial charge on any atom is 0.261 e. The maximum absolute atomic E-state index is 12.8. The third-order valence-electron chi connectivity index (χ3n) is 4.86. The summed E-state index contributed by atoms with van der Waals surface area (Å²) in [5.74, 6) is -0.270. The number of carbonyl (C=O) groups excluding carboxylic acids is 3. The summed E-state index contributed by atoms with van der Waals surface area (Å²) in [5.41, 5.74) is 2.25. The van der Waals surface area contributed by atoms with Crippen molar-refractivity contribution in [2.24, 2.45) is 5.92 Å². The third kappa shape index (κ3) is 4.54. The van der Waals surface area contributed by atoms with Gasteiger partial charge in [-0.05, 0) is 35.7 Å². The molecule has 6 heteroatoms. The molecule has 152 valence electrons. The second-order valence-corrected chi connectivity index (χ2v) is 7.58. The van der Waals surface area contributed by atoms with Gasteiger partial charge in [-0.2, -0.15) is 0 Å². The molecular formula is C23H26N2O4. The minimum absolute atomic E-state index is 0.0527. The van der Waals surface area contributed by atoms with Gasteiger partial charge in [0, 0.05) is 25.8 Å². The molecule has 0 N–H and O–H groups in total. The Hall–Kier alpha value is -2.99. The second kappa shape index (κ2) is 9.01. The third-order valence-corrected chi connectivity index (χ3v) is 4.86. The summed E-state index contributed by atoms with van der Waals surface area (Å²) >= 11 is 0. The zero-order chi connectivity index (χ0) is 21.0. The van der Waals surface area contributed by atoms with E-state index in [1.54, 1.807) is 60.5 Å². The minimum atomic E-state index is -0.284. The lowest BCUT2D eigenvalue weighted by molar-refractivity contribution is 0.0638. The molecule has 3 amide bonds. The van der Waals surface area contributed by atoms with Crippen LogP contribution >= 0.6 is 0 Å². The van der Waals surface area contributed by atoms with Gasteiger partial charge in [0.05, 0.1) is 24.3 Å². The smallest absolute Gasteiger partial charge is 0.261 e. The first-order chi connectivity index (χ1) is 13.9. The van der Waals surface area contributed by atoms with Crippen molar-refractivity contribution in [1.82, 2.24) is 9.80 Å². The lowest BCUT2D eigenvalue weighted by Gasteiger charge is -2.24. The van der Waals surface area contributed by atoms with Gasteiger partial charge in [-0.1, -0.05) is 38.1 Å². The Morgan fingerprint density at radius 2 is 1.59 bits per heavy atom. The summed E-state index contributed by atoms with van der Waals surface area (Å²) in [6.07, 6.45) is 0. The molecule has 0 spiro atoms. The number of fused-ring (bicyclic) bond motifs is 1. The Morgan fingerprint density at radius 1 is 1.00 bits per heavy atom. The normalized spacial score (nSPS) is 13.2. The number of ether oxygens (including phenoxy) is 1. The highest BCUT2D eigenvalue weighted by molar-refractivity contribution is 6.21. The molecule has 0 saturated heterocycles. The van der Waals surface area contributed by atoms with E-state index in [-0.39, 0.29) is 24.3 Å². The largest absolute Gasteiger partial charge is 0.383 e. The first kappa shape index (κ1) is 20.7. The number of methoxy groups -OCH3 is 1. The van der Waals surface area contributed by atoms with Crippen LogP contribution in [-0.2, 0) is 11.3 Å². The van der Waals surface area contributed by atoms with Crippen molar-refractivity contribution >= 4 is 17.7 Å². The molecule has 29 heavy (non-hydrogen) atoms. The van der Waals surface area contributed by atoms with Gasteiger partial charge in [0.15, 0.2) is 0 Å². The van der Waals surface area contributed by atoms with Gasteiger partial charge in [-0.25, -0.2) is 0 Å². The van der Waals surface area contributed by atoms with E-state index >= 15 is 0 Å². The fraction of sp³-hybridized carbons (Fsp3) is 0.348. The van der Waals surface area contributed by atoms with Crippen LogP contribution in [0.15, 0.2) is 48.5 Å². The first-order valence-corrected chi connectivity index (χ1v) is 9.74. The van der Waals surface area contributed by atoms with Gasteiger partial charge in [0.1, 0.15) is 0 Å². The van der Waals surface area contributed by atoms with E-state index in [0.29, 0.717) is 42.3 Å². The molecule has 0 radical (unpaired) electrons. The highest BCUT2D eigenvalue weighted by atomic mass is 16.5. The SMILES string of the molecule is COCCN(CC(C)C)C(=O)c1ccc(CN2C(=O)c3ccccc3C2=O)cc1. The first-order valence-electron chi connectivity index (χ1n) is 9.74. The molecule has 0 atom stereocenters. The molecule has 1 aliphatic rings. The maximum atomic E-state index is 12.8. The molecule has 0 aromatic heterocycles. The molecule has 2 aromatic carbocycles. The van der Waals surface area contributed by atoms with Crippen LogP contribution in [-0.4, -0.2) is 54.3 Å². The fourth-order valence-electron chi connectivity index (χ4n) is 3.42. The van der Waals surface area contributed by atoms with Gasteiger partial charge in [-0.15, -0.1) is 0 Å². The van der Waals surface area contributed by atoms with Gasteiger partial charge in [-0.3, -0.25) is 19.3 Å². The monoisotopic (exact) mass is 394 g/mol. The van der Waals surface area contributed by atoms with Crippen LogP contribution in [0, 0.1) is 5.92 Å². The van der Waals surface area contributed by atoms with E-state index in [9.17, 15) is 14.4 Å². The molecule has 6 nitrogen and oxygen atoms in total. The highest BCUT2D eigenvalue weighted by Crippen LogP contribution is 2.24. The van der Waals surface area contributed by atoms with Gasteiger partial charge < -0.3 is 9.64 Å². The van der Waals surface area contributed by atoms with E-state index in [1.165, 1.54) is 4.90 Å². The Bertz CT molecular complexity index is 870. The topological polar surface area (TPSA) is 66.9 Å². The van der Waals surface area contributed by atoms with Crippen molar-refractivity contribution in [2.45, 2.75) is 20.4 Å². The predicted molar refractivity (Wildman–Crippen MR) is 110 cm³/mol. The van der Waals surface area contributed by atoms with Gasteiger partial charge in [0.25, 0.3) is 17.7 Å². The molecule has 0 aliphatic carbocycles. The van der Waals surface area contributed by atoms with E-state index in [0.717, 1.165) is 5.56 Å². The van der Waals surface area contributed by atoms with Crippen molar-refractivity contribution in [3.63, 3.8) is 0 Å². The zero-order valence-electron chi connectivity index (χ0n) is 17.1. The number of hydrogen-bond donors (Lipinski definition) is 0. The van der Waals surface area contributed by atoms with Crippen molar-refractivity contribution in [3.05, 3.63) is 70.8 Å². The molecule has 3 rings (SSSR count). The summed E-state index contributed by atoms with van der Waals surface area (Å²) in [6, 6.07) is 13.9. The average Bonchev–Trinajstić information content (AvgIpc) is 2.96. The number of nitrogens with zero attached hydrogens (tertiary/aromatic N) is 2. The number of carbonyl (C=O) groups is 3. The summed E-state index contributed by atoms with van der Waals surface area (Å²) in [4.78, 5) is 40.9. The Kier molecular flexibility index (Phi) is 6.44. The van der Waals surface area contributed by atoms with Crippen LogP contribution in [0.5, 0.6) is 0 Å². The highest BCUT2D eigenvalue weighted by Gasteiger charge is 2.34. The Balaban J connectivity index is 1.71. The molecular weight excluding hydrogens is 368 g/mol. The van der Waals surface area contributed by atoms with Crippen molar-refractivity contribution in [1.29, 1.82) is 0 Å². The van der Waals surface area contributed by atoms with E-state index in [2.05, 4.69) is 13.8 Å². The second-order valence-electron chi connectivity index (χ2n) is 7.58. The molecule has 0 fully saturated rings. The number of hydrogen-bond acceptors (Lipinski definition) is 4. The van der Waals surface area contributed by atoms with Gasteiger partial charge in [0.2, 0.25) is 0 Å². The molecule has 0 saturated carbocycles. The molecule has 1 heterocycles. The summed E-state index contributed by atoms with van der Waals surface area (Å²) in [7, 11) is 1.62. The lowest BCUT2D eigenvalue weighted by Crippen LogP contribution is -2.36. The van der Waals surface area contributed by atoms with E-state index in [1.807, 2.05) is 0 Å². The van der Waals surface area contributed by atoms with Crippen LogP contribution in [0.25, 0.3) is 0 Å². The van der Waals surface area contributed by atoms with Crippen LogP contribution in [0.3, 0.4) is 0 Å². The Labute approximate surface area is 171 Å². The summed E-state index contributed by atoms with van der Waals surface area (Å²) in [5, 5.41) is 0. The summed E-state index contributed by atoms with van der Waals surface area (Å²) in [6.45, 7) is 5.98. The lowest BCUT2D eigenvalue weighted by atomic mass is 10.1. The van der Waals surface area contributed by atoms with Gasteiger partial charge >= 0.3 is 0 Å². The Morgan fingerprint density at radius 3 is 2.10 bits per heavy atom. The standard InChI is InChI=1S/C23H26N2O4/c1-16(2)14-24(12-13-29-3)21(26)18-10-8-17(9-11-18)15-25-22(27)19-6-4-5-7-20(19)23(25)28/h4-11,16H,12-15H2,1-3H3. The molecule has 0 bridgehead atoms.